The fraction of sp³-hybridized carbons (Fsp3) is 0.357. The molecule has 1 fully saturated rings. The van der Waals surface area contributed by atoms with E-state index in [0.717, 1.165) is 36.8 Å². The lowest BCUT2D eigenvalue weighted by Gasteiger charge is -2.49. The van der Waals surface area contributed by atoms with E-state index in [1.807, 2.05) is 30.3 Å². The fourth-order valence-corrected chi connectivity index (χ4v) is 5.32. The van der Waals surface area contributed by atoms with E-state index in [2.05, 4.69) is 32.2 Å². The number of piperazine rings is 1. The SMILES string of the molecule is O=C(NCc1cccnc1)[C@@H]1Cc2cc(C(F)(F)F)ccc2N2CCN(CCc3ccccc3)C[C@H]12. The van der Waals surface area contributed by atoms with Crippen molar-refractivity contribution in [3.63, 3.8) is 0 Å². The average molecular weight is 495 g/mol. The molecule has 1 amide bonds. The van der Waals surface area contributed by atoms with Crippen molar-refractivity contribution in [2.24, 2.45) is 5.92 Å². The van der Waals surface area contributed by atoms with Crippen molar-refractivity contribution in [1.29, 1.82) is 0 Å². The first kappa shape index (κ1) is 24.3. The van der Waals surface area contributed by atoms with Crippen LogP contribution >= 0.6 is 0 Å². The molecule has 188 valence electrons. The van der Waals surface area contributed by atoms with Crippen LogP contribution in [0.4, 0.5) is 18.9 Å². The molecule has 3 aromatic rings. The van der Waals surface area contributed by atoms with Crippen LogP contribution in [-0.2, 0) is 30.4 Å². The number of aromatic nitrogens is 1. The summed E-state index contributed by atoms with van der Waals surface area (Å²) in [6.45, 7) is 3.37. The van der Waals surface area contributed by atoms with E-state index < -0.39 is 17.7 Å². The first-order chi connectivity index (χ1) is 17.4. The number of carbonyl (C=O) groups is 1. The Morgan fingerprint density at radius 2 is 1.83 bits per heavy atom. The second kappa shape index (κ2) is 10.3. The highest BCUT2D eigenvalue weighted by Crippen LogP contribution is 2.39. The predicted molar refractivity (Wildman–Crippen MR) is 132 cm³/mol. The zero-order valence-corrected chi connectivity index (χ0v) is 19.9. The Bertz CT molecular complexity index is 1190. The van der Waals surface area contributed by atoms with Crippen LogP contribution in [0.2, 0.25) is 0 Å². The molecule has 1 aromatic heterocycles. The molecule has 2 atom stereocenters. The molecule has 0 unspecified atom stereocenters. The second-order valence-corrected chi connectivity index (χ2v) is 9.53. The first-order valence-electron chi connectivity index (χ1n) is 12.3. The lowest BCUT2D eigenvalue weighted by Crippen LogP contribution is -2.61. The van der Waals surface area contributed by atoms with Crippen molar-refractivity contribution in [2.45, 2.75) is 31.6 Å². The summed E-state index contributed by atoms with van der Waals surface area (Å²) in [5.74, 6) is -0.584. The summed E-state index contributed by atoms with van der Waals surface area (Å²) in [6.07, 6.45) is 0.151. The number of benzene rings is 2. The van der Waals surface area contributed by atoms with E-state index in [4.69, 9.17) is 0 Å². The van der Waals surface area contributed by atoms with Crippen LogP contribution in [0.15, 0.2) is 73.1 Å². The summed E-state index contributed by atoms with van der Waals surface area (Å²) in [4.78, 5) is 22.0. The van der Waals surface area contributed by atoms with Crippen molar-refractivity contribution >= 4 is 11.6 Å². The normalized spacial score (nSPS) is 19.9. The van der Waals surface area contributed by atoms with Crippen LogP contribution in [0, 0.1) is 5.92 Å². The zero-order chi connectivity index (χ0) is 25.1. The van der Waals surface area contributed by atoms with E-state index >= 15 is 0 Å². The summed E-state index contributed by atoms with van der Waals surface area (Å²) >= 11 is 0. The summed E-state index contributed by atoms with van der Waals surface area (Å²) in [5, 5.41) is 3.00. The van der Waals surface area contributed by atoms with Gasteiger partial charge in [0.15, 0.2) is 0 Å². The average Bonchev–Trinajstić information content (AvgIpc) is 2.90. The minimum absolute atomic E-state index is 0.104. The van der Waals surface area contributed by atoms with Gasteiger partial charge in [0.2, 0.25) is 5.91 Å². The smallest absolute Gasteiger partial charge is 0.365 e. The standard InChI is InChI=1S/C28H29F3N4O/c29-28(30,31)23-8-9-25-22(15-23)16-24(27(36)33-18-21-7-4-11-32-17-21)26-19-34(13-14-35(25)26)12-10-20-5-2-1-3-6-20/h1-9,11,15,17,24,26H,10,12-14,16,18-19H2,(H,33,36)/t24-,26-/m1/s1. The highest BCUT2D eigenvalue weighted by molar-refractivity contribution is 5.82. The molecule has 8 heteroatoms. The van der Waals surface area contributed by atoms with Gasteiger partial charge in [0.25, 0.3) is 0 Å². The number of halogens is 3. The van der Waals surface area contributed by atoms with Gasteiger partial charge in [0.05, 0.1) is 17.5 Å². The number of pyridine rings is 1. The third-order valence-corrected chi connectivity index (χ3v) is 7.21. The van der Waals surface area contributed by atoms with Crippen molar-refractivity contribution < 1.29 is 18.0 Å². The Balaban J connectivity index is 1.36. The molecule has 3 heterocycles. The molecule has 0 saturated carbocycles. The molecular weight excluding hydrogens is 465 g/mol. The van der Waals surface area contributed by atoms with Gasteiger partial charge in [-0.15, -0.1) is 0 Å². The molecule has 0 bridgehead atoms. The molecule has 1 saturated heterocycles. The van der Waals surface area contributed by atoms with Crippen LogP contribution < -0.4 is 10.2 Å². The maximum absolute atomic E-state index is 13.4. The maximum atomic E-state index is 13.4. The van der Waals surface area contributed by atoms with Crippen LogP contribution in [-0.4, -0.2) is 48.0 Å². The number of alkyl halides is 3. The Labute approximate surface area is 208 Å². The number of fused-ring (bicyclic) bond motifs is 3. The molecule has 0 radical (unpaired) electrons. The minimum atomic E-state index is -4.42. The van der Waals surface area contributed by atoms with Crippen molar-refractivity contribution in [3.8, 4) is 0 Å². The van der Waals surface area contributed by atoms with Gasteiger partial charge >= 0.3 is 6.18 Å². The van der Waals surface area contributed by atoms with Crippen molar-refractivity contribution in [1.82, 2.24) is 15.2 Å². The number of hydrogen-bond acceptors (Lipinski definition) is 4. The third kappa shape index (κ3) is 5.38. The highest BCUT2D eigenvalue weighted by atomic mass is 19.4. The van der Waals surface area contributed by atoms with Gasteiger partial charge in [-0.1, -0.05) is 36.4 Å². The summed E-state index contributed by atoms with van der Waals surface area (Å²) in [5.41, 5.74) is 2.87. The summed E-state index contributed by atoms with van der Waals surface area (Å²) in [7, 11) is 0. The van der Waals surface area contributed by atoms with Crippen molar-refractivity contribution in [3.05, 3.63) is 95.3 Å². The van der Waals surface area contributed by atoms with Gasteiger partial charge in [0.1, 0.15) is 0 Å². The summed E-state index contributed by atoms with van der Waals surface area (Å²) in [6, 6.07) is 17.8. The van der Waals surface area contributed by atoms with Gasteiger partial charge in [-0.25, -0.2) is 0 Å². The van der Waals surface area contributed by atoms with Crippen molar-refractivity contribution in [2.75, 3.05) is 31.1 Å². The molecule has 0 aliphatic carbocycles. The van der Waals surface area contributed by atoms with Gasteiger partial charge in [0, 0.05) is 50.8 Å². The Morgan fingerprint density at radius 3 is 2.58 bits per heavy atom. The van der Waals surface area contributed by atoms with E-state index in [9.17, 15) is 18.0 Å². The Hall–Kier alpha value is -3.39. The highest BCUT2D eigenvalue weighted by Gasteiger charge is 2.42. The quantitative estimate of drug-likeness (QED) is 0.555. The van der Waals surface area contributed by atoms with Crippen LogP contribution in [0.5, 0.6) is 0 Å². The molecule has 36 heavy (non-hydrogen) atoms. The molecule has 2 aliphatic heterocycles. The van der Waals surface area contributed by atoms with Crippen LogP contribution in [0.25, 0.3) is 0 Å². The Kier molecular flexibility index (Phi) is 6.96. The fourth-order valence-electron chi connectivity index (χ4n) is 5.32. The zero-order valence-electron chi connectivity index (χ0n) is 19.9. The number of anilines is 1. The number of rotatable bonds is 6. The Morgan fingerprint density at radius 1 is 1.03 bits per heavy atom. The maximum Gasteiger partial charge on any atom is 0.416 e. The number of carbonyl (C=O) groups excluding carboxylic acids is 1. The van der Waals surface area contributed by atoms with E-state index in [1.54, 1.807) is 18.5 Å². The monoisotopic (exact) mass is 494 g/mol. The van der Waals surface area contributed by atoms with Gasteiger partial charge < -0.3 is 10.2 Å². The topological polar surface area (TPSA) is 48.5 Å². The number of amides is 1. The number of nitrogens with one attached hydrogen (secondary N) is 1. The largest absolute Gasteiger partial charge is 0.416 e. The lowest BCUT2D eigenvalue weighted by atomic mass is 9.82. The number of nitrogens with zero attached hydrogens (tertiary/aromatic N) is 3. The third-order valence-electron chi connectivity index (χ3n) is 7.21. The molecule has 5 rings (SSSR count). The molecule has 2 aromatic carbocycles. The first-order valence-corrected chi connectivity index (χ1v) is 12.3. The molecule has 2 aliphatic rings. The molecular formula is C28H29F3N4O. The predicted octanol–water partition coefficient (Wildman–Crippen LogP) is 4.32. The number of hydrogen-bond donors (Lipinski definition) is 1. The molecule has 1 N–H and O–H groups in total. The molecule has 5 nitrogen and oxygen atoms in total. The van der Waals surface area contributed by atoms with Gasteiger partial charge in [-0.3, -0.25) is 14.7 Å². The van der Waals surface area contributed by atoms with Crippen LogP contribution in [0.1, 0.15) is 22.3 Å². The van der Waals surface area contributed by atoms with Gasteiger partial charge in [-0.05, 0) is 53.8 Å². The lowest BCUT2D eigenvalue weighted by molar-refractivity contribution is -0.137. The second-order valence-electron chi connectivity index (χ2n) is 9.53. The van der Waals surface area contributed by atoms with E-state index in [-0.39, 0.29) is 18.4 Å². The van der Waals surface area contributed by atoms with E-state index in [1.165, 1.54) is 11.6 Å². The van der Waals surface area contributed by atoms with E-state index in [0.29, 0.717) is 25.2 Å². The van der Waals surface area contributed by atoms with Crippen LogP contribution in [0.3, 0.4) is 0 Å². The summed E-state index contributed by atoms with van der Waals surface area (Å²) < 4.78 is 40.3. The van der Waals surface area contributed by atoms with Gasteiger partial charge in [-0.2, -0.15) is 13.2 Å². The molecule has 0 spiro atoms. The minimum Gasteiger partial charge on any atom is -0.365 e.